The van der Waals surface area contributed by atoms with E-state index < -0.39 is 0 Å². The maximum Gasteiger partial charge on any atom is 0.248 e. The molecule has 0 bridgehead atoms. The minimum atomic E-state index is -0.216. The van der Waals surface area contributed by atoms with Crippen LogP contribution in [-0.2, 0) is 9.53 Å². The van der Waals surface area contributed by atoms with Gasteiger partial charge in [0.25, 0.3) is 0 Å². The number of nitrogens with one attached hydrogen (secondary N) is 1. The van der Waals surface area contributed by atoms with Crippen LogP contribution in [0.25, 0.3) is 6.08 Å². The van der Waals surface area contributed by atoms with Crippen LogP contribution in [0.5, 0.6) is 0 Å². The zero-order chi connectivity index (χ0) is 17.6. The Kier molecular flexibility index (Phi) is 5.97. The Hall–Kier alpha value is -2.01. The van der Waals surface area contributed by atoms with Crippen LogP contribution >= 0.6 is 23.2 Å². The van der Waals surface area contributed by atoms with Crippen molar-refractivity contribution in [3.63, 3.8) is 0 Å². The van der Waals surface area contributed by atoms with Gasteiger partial charge in [0.05, 0.1) is 24.6 Å². The Balaban J connectivity index is 1.73. The summed E-state index contributed by atoms with van der Waals surface area (Å²) in [5.74, 6) is -0.216. The highest BCUT2D eigenvalue weighted by Gasteiger charge is 2.16. The van der Waals surface area contributed by atoms with E-state index in [2.05, 4.69) is 10.2 Å². The average Bonchev–Trinajstić information content (AvgIpc) is 2.62. The lowest BCUT2D eigenvalue weighted by Crippen LogP contribution is -2.36. The molecular formula is C19H18Cl2N2O2. The van der Waals surface area contributed by atoms with E-state index in [0.717, 1.165) is 24.3 Å². The van der Waals surface area contributed by atoms with Crippen molar-refractivity contribution >= 4 is 46.6 Å². The molecule has 1 fully saturated rings. The fourth-order valence-corrected chi connectivity index (χ4v) is 2.91. The summed E-state index contributed by atoms with van der Waals surface area (Å²) >= 11 is 12.0. The van der Waals surface area contributed by atoms with Crippen LogP contribution in [-0.4, -0.2) is 32.2 Å². The number of hydrogen-bond acceptors (Lipinski definition) is 3. The second-order valence-electron chi connectivity index (χ2n) is 5.64. The molecule has 130 valence electrons. The Morgan fingerprint density at radius 1 is 1.04 bits per heavy atom. The van der Waals surface area contributed by atoms with Crippen LogP contribution in [0.4, 0.5) is 11.4 Å². The largest absolute Gasteiger partial charge is 0.378 e. The van der Waals surface area contributed by atoms with Gasteiger partial charge in [0.15, 0.2) is 0 Å². The molecule has 1 aliphatic rings. The lowest BCUT2D eigenvalue weighted by molar-refractivity contribution is -0.111. The number of carbonyl (C=O) groups is 1. The van der Waals surface area contributed by atoms with Gasteiger partial charge in [0.1, 0.15) is 0 Å². The van der Waals surface area contributed by atoms with E-state index in [-0.39, 0.29) is 5.91 Å². The number of halogens is 2. The van der Waals surface area contributed by atoms with Crippen molar-refractivity contribution in [1.29, 1.82) is 0 Å². The third-order valence-corrected chi connectivity index (χ3v) is 4.35. The second-order valence-corrected chi connectivity index (χ2v) is 6.51. The number of morpholine rings is 1. The highest BCUT2D eigenvalue weighted by molar-refractivity contribution is 6.31. The van der Waals surface area contributed by atoms with Gasteiger partial charge < -0.3 is 15.0 Å². The van der Waals surface area contributed by atoms with Crippen LogP contribution in [0.1, 0.15) is 5.56 Å². The molecule has 2 aromatic carbocycles. The molecule has 2 aromatic rings. The predicted molar refractivity (Wildman–Crippen MR) is 104 cm³/mol. The summed E-state index contributed by atoms with van der Waals surface area (Å²) in [4.78, 5) is 14.5. The fourth-order valence-electron chi connectivity index (χ4n) is 2.61. The van der Waals surface area contributed by atoms with Crippen LogP contribution in [0.3, 0.4) is 0 Å². The van der Waals surface area contributed by atoms with Gasteiger partial charge in [-0.2, -0.15) is 0 Å². The molecule has 0 spiro atoms. The summed E-state index contributed by atoms with van der Waals surface area (Å²) < 4.78 is 5.39. The molecule has 6 heteroatoms. The zero-order valence-electron chi connectivity index (χ0n) is 13.5. The molecular weight excluding hydrogens is 359 g/mol. The van der Waals surface area contributed by atoms with Gasteiger partial charge in [0.2, 0.25) is 5.91 Å². The zero-order valence-corrected chi connectivity index (χ0v) is 15.1. The highest BCUT2D eigenvalue weighted by atomic mass is 35.5. The number of ether oxygens (including phenoxy) is 1. The first-order valence-corrected chi connectivity index (χ1v) is 8.74. The van der Waals surface area contributed by atoms with Gasteiger partial charge in [-0.3, -0.25) is 4.79 Å². The monoisotopic (exact) mass is 376 g/mol. The third-order valence-electron chi connectivity index (χ3n) is 3.87. The Bertz CT molecular complexity index is 769. The molecule has 1 aliphatic heterocycles. The maximum atomic E-state index is 12.3. The standard InChI is InChI=1S/C19H18Cl2N2O2/c20-15-4-1-14(2-5-15)3-8-19(24)22-17-13-16(21)6-7-18(17)23-9-11-25-12-10-23/h1-8,13H,9-12H2,(H,22,24)/b8-3+. The number of hydrogen-bond donors (Lipinski definition) is 1. The minimum Gasteiger partial charge on any atom is -0.378 e. The summed E-state index contributed by atoms with van der Waals surface area (Å²) in [6.07, 6.45) is 3.23. The molecule has 0 aliphatic carbocycles. The SMILES string of the molecule is O=C(/C=C/c1ccc(Cl)cc1)Nc1cc(Cl)ccc1N1CCOCC1. The molecule has 25 heavy (non-hydrogen) atoms. The van der Waals surface area contributed by atoms with Gasteiger partial charge in [0, 0.05) is 29.2 Å². The Morgan fingerprint density at radius 2 is 1.72 bits per heavy atom. The van der Waals surface area contributed by atoms with Crippen molar-refractivity contribution in [1.82, 2.24) is 0 Å². The smallest absolute Gasteiger partial charge is 0.248 e. The second kappa shape index (κ2) is 8.39. The van der Waals surface area contributed by atoms with Crippen molar-refractivity contribution in [2.75, 3.05) is 36.5 Å². The predicted octanol–water partition coefficient (Wildman–Crippen LogP) is 4.48. The van der Waals surface area contributed by atoms with Crippen molar-refractivity contribution in [2.24, 2.45) is 0 Å². The van der Waals surface area contributed by atoms with Gasteiger partial charge >= 0.3 is 0 Å². The molecule has 1 N–H and O–H groups in total. The first-order valence-electron chi connectivity index (χ1n) is 7.99. The number of benzene rings is 2. The van der Waals surface area contributed by atoms with E-state index in [1.807, 2.05) is 24.3 Å². The van der Waals surface area contributed by atoms with Crippen molar-refractivity contribution in [3.8, 4) is 0 Å². The van der Waals surface area contributed by atoms with Crippen molar-refractivity contribution in [3.05, 3.63) is 64.1 Å². The van der Waals surface area contributed by atoms with Crippen molar-refractivity contribution < 1.29 is 9.53 Å². The van der Waals surface area contributed by atoms with E-state index in [1.54, 1.807) is 24.3 Å². The molecule has 0 aromatic heterocycles. The molecule has 0 atom stereocenters. The normalized spacial score (nSPS) is 14.7. The van der Waals surface area contributed by atoms with E-state index in [1.165, 1.54) is 6.08 Å². The third kappa shape index (κ3) is 4.98. The lowest BCUT2D eigenvalue weighted by Gasteiger charge is -2.30. The van der Waals surface area contributed by atoms with Crippen molar-refractivity contribution in [2.45, 2.75) is 0 Å². The molecule has 3 rings (SSSR count). The first kappa shape index (κ1) is 17.8. The van der Waals surface area contributed by atoms with Gasteiger partial charge in [-0.25, -0.2) is 0 Å². The molecule has 0 saturated carbocycles. The Labute approximate surface area is 157 Å². The highest BCUT2D eigenvalue weighted by Crippen LogP contribution is 2.30. The maximum absolute atomic E-state index is 12.3. The molecule has 0 radical (unpaired) electrons. The average molecular weight is 377 g/mol. The number of anilines is 2. The summed E-state index contributed by atoms with van der Waals surface area (Å²) in [5.41, 5.74) is 2.54. The quantitative estimate of drug-likeness (QED) is 0.799. The van der Waals surface area contributed by atoms with E-state index in [9.17, 15) is 4.79 Å². The molecule has 1 saturated heterocycles. The summed E-state index contributed by atoms with van der Waals surface area (Å²) in [6, 6.07) is 12.8. The minimum absolute atomic E-state index is 0.216. The van der Waals surface area contributed by atoms with Crippen LogP contribution in [0.15, 0.2) is 48.5 Å². The number of carbonyl (C=O) groups excluding carboxylic acids is 1. The number of rotatable bonds is 4. The number of amides is 1. The summed E-state index contributed by atoms with van der Waals surface area (Å²) in [5, 5.41) is 4.15. The van der Waals surface area contributed by atoms with Crippen LogP contribution < -0.4 is 10.2 Å². The number of nitrogens with zero attached hydrogens (tertiary/aromatic N) is 1. The molecule has 1 heterocycles. The summed E-state index contributed by atoms with van der Waals surface area (Å²) in [7, 11) is 0. The van der Waals surface area contributed by atoms with E-state index >= 15 is 0 Å². The topological polar surface area (TPSA) is 41.6 Å². The molecule has 1 amide bonds. The summed E-state index contributed by atoms with van der Waals surface area (Å²) in [6.45, 7) is 2.91. The van der Waals surface area contributed by atoms with Gasteiger partial charge in [-0.15, -0.1) is 0 Å². The van der Waals surface area contributed by atoms with Crippen LogP contribution in [0.2, 0.25) is 10.0 Å². The van der Waals surface area contributed by atoms with E-state index in [4.69, 9.17) is 27.9 Å². The molecule has 4 nitrogen and oxygen atoms in total. The van der Waals surface area contributed by atoms with Gasteiger partial charge in [-0.05, 0) is 42.0 Å². The Morgan fingerprint density at radius 3 is 2.44 bits per heavy atom. The molecule has 0 unspecified atom stereocenters. The van der Waals surface area contributed by atoms with Gasteiger partial charge in [-0.1, -0.05) is 35.3 Å². The fraction of sp³-hybridized carbons (Fsp3) is 0.211. The van der Waals surface area contributed by atoms with E-state index in [0.29, 0.717) is 28.9 Å². The van der Waals surface area contributed by atoms with Crippen LogP contribution in [0, 0.1) is 0 Å². The first-order chi connectivity index (χ1) is 12.1. The lowest BCUT2D eigenvalue weighted by atomic mass is 10.2.